The van der Waals surface area contributed by atoms with Crippen LogP contribution in [0.5, 0.6) is 0 Å². The molecule has 1 aromatic carbocycles. The third kappa shape index (κ3) is 3.16. The summed E-state index contributed by atoms with van der Waals surface area (Å²) in [4.78, 5) is 18.7. The van der Waals surface area contributed by atoms with Crippen LogP contribution in [0.2, 0.25) is 0 Å². The van der Waals surface area contributed by atoms with Gasteiger partial charge in [-0.15, -0.1) is 0 Å². The van der Waals surface area contributed by atoms with Gasteiger partial charge in [-0.3, -0.25) is 4.79 Å². The molecular formula is C20H23N5O2S. The lowest BCUT2D eigenvalue weighted by Gasteiger charge is -2.33. The fourth-order valence-electron chi connectivity index (χ4n) is 4.13. The SMILES string of the molecule is NC(=O)c1cn(CC2COC2)c(C2CCN(c3snc4ccccc34)CC2)n1. The molecule has 0 aliphatic carbocycles. The molecule has 2 fully saturated rings. The van der Waals surface area contributed by atoms with Gasteiger partial charge < -0.3 is 19.9 Å². The molecule has 0 spiro atoms. The molecular weight excluding hydrogens is 374 g/mol. The maximum atomic E-state index is 11.7. The Morgan fingerprint density at radius 2 is 2.04 bits per heavy atom. The first-order valence-electron chi connectivity index (χ1n) is 9.73. The van der Waals surface area contributed by atoms with Crippen molar-refractivity contribution in [3.05, 3.63) is 42.0 Å². The number of fused-ring (bicyclic) bond motifs is 1. The quantitative estimate of drug-likeness (QED) is 0.715. The molecule has 2 saturated heterocycles. The molecule has 0 radical (unpaired) electrons. The van der Waals surface area contributed by atoms with Gasteiger partial charge in [-0.25, -0.2) is 4.98 Å². The van der Waals surface area contributed by atoms with Gasteiger partial charge in [0.1, 0.15) is 16.5 Å². The number of carbonyl (C=O) groups is 1. The van der Waals surface area contributed by atoms with E-state index in [4.69, 9.17) is 10.5 Å². The van der Waals surface area contributed by atoms with Crippen LogP contribution in [0.15, 0.2) is 30.5 Å². The van der Waals surface area contributed by atoms with Crippen LogP contribution in [0.25, 0.3) is 10.9 Å². The van der Waals surface area contributed by atoms with Gasteiger partial charge >= 0.3 is 0 Å². The van der Waals surface area contributed by atoms with E-state index in [2.05, 4.69) is 37.0 Å². The summed E-state index contributed by atoms with van der Waals surface area (Å²) in [6.07, 6.45) is 3.82. The molecule has 2 N–H and O–H groups in total. The number of ether oxygens (including phenoxy) is 1. The second-order valence-electron chi connectivity index (χ2n) is 7.67. The molecule has 8 heteroatoms. The van der Waals surface area contributed by atoms with Crippen LogP contribution in [0.3, 0.4) is 0 Å². The zero-order valence-corrected chi connectivity index (χ0v) is 16.4. The van der Waals surface area contributed by atoms with E-state index >= 15 is 0 Å². The molecule has 1 amide bonds. The highest BCUT2D eigenvalue weighted by molar-refractivity contribution is 7.11. The molecule has 2 aliphatic heterocycles. The summed E-state index contributed by atoms with van der Waals surface area (Å²) < 4.78 is 12.0. The summed E-state index contributed by atoms with van der Waals surface area (Å²) in [5.41, 5.74) is 6.92. The minimum absolute atomic E-state index is 0.338. The molecule has 0 bridgehead atoms. The Morgan fingerprint density at radius 3 is 2.75 bits per heavy atom. The van der Waals surface area contributed by atoms with Gasteiger partial charge in [-0.05, 0) is 36.5 Å². The number of amides is 1. The van der Waals surface area contributed by atoms with E-state index in [0.717, 1.165) is 57.0 Å². The first-order valence-corrected chi connectivity index (χ1v) is 10.5. The molecule has 0 unspecified atom stereocenters. The largest absolute Gasteiger partial charge is 0.381 e. The number of rotatable bonds is 5. The lowest BCUT2D eigenvalue weighted by molar-refractivity contribution is -0.0398. The molecule has 28 heavy (non-hydrogen) atoms. The topological polar surface area (TPSA) is 86.3 Å². The molecule has 7 nitrogen and oxygen atoms in total. The third-order valence-corrected chi connectivity index (χ3v) is 6.67. The summed E-state index contributed by atoms with van der Waals surface area (Å²) >= 11 is 1.58. The summed E-state index contributed by atoms with van der Waals surface area (Å²) in [6, 6.07) is 8.31. The van der Waals surface area contributed by atoms with Crippen LogP contribution in [-0.4, -0.2) is 46.1 Å². The molecule has 0 atom stereocenters. The first-order chi connectivity index (χ1) is 13.7. The van der Waals surface area contributed by atoms with Gasteiger partial charge in [0, 0.05) is 43.1 Å². The van der Waals surface area contributed by atoms with Gasteiger partial charge in [0.05, 0.1) is 18.7 Å². The Hall–Kier alpha value is -2.45. The summed E-state index contributed by atoms with van der Waals surface area (Å²) in [7, 11) is 0. The van der Waals surface area contributed by atoms with Gasteiger partial charge in [-0.2, -0.15) is 4.37 Å². The lowest BCUT2D eigenvalue weighted by atomic mass is 9.95. The zero-order valence-electron chi connectivity index (χ0n) is 15.6. The van der Waals surface area contributed by atoms with Crippen LogP contribution < -0.4 is 10.6 Å². The van der Waals surface area contributed by atoms with Gasteiger partial charge in [0.2, 0.25) is 0 Å². The second-order valence-corrected chi connectivity index (χ2v) is 8.42. The number of imidazole rings is 1. The van der Waals surface area contributed by atoms with Crippen LogP contribution in [0.1, 0.15) is 35.1 Å². The number of aromatic nitrogens is 3. The van der Waals surface area contributed by atoms with Crippen molar-refractivity contribution < 1.29 is 9.53 Å². The smallest absolute Gasteiger partial charge is 0.268 e. The molecule has 2 aliphatic rings. The minimum atomic E-state index is -0.460. The van der Waals surface area contributed by atoms with Crippen molar-refractivity contribution in [2.45, 2.75) is 25.3 Å². The van der Waals surface area contributed by atoms with E-state index in [1.807, 2.05) is 12.3 Å². The Balaban J connectivity index is 1.34. The predicted molar refractivity (Wildman–Crippen MR) is 109 cm³/mol. The van der Waals surface area contributed by atoms with Gasteiger partial charge in [0.25, 0.3) is 5.91 Å². The number of anilines is 1. The van der Waals surface area contributed by atoms with Crippen molar-refractivity contribution >= 4 is 33.3 Å². The van der Waals surface area contributed by atoms with E-state index < -0.39 is 5.91 Å². The van der Waals surface area contributed by atoms with Gasteiger partial charge in [-0.1, -0.05) is 12.1 Å². The van der Waals surface area contributed by atoms with Crippen LogP contribution in [0, 0.1) is 5.92 Å². The molecule has 4 heterocycles. The summed E-state index contributed by atoms with van der Waals surface area (Å²) in [6.45, 7) is 4.32. The normalized spacial score (nSPS) is 18.5. The van der Waals surface area contributed by atoms with Gasteiger partial charge in [0.15, 0.2) is 0 Å². The van der Waals surface area contributed by atoms with Crippen molar-refractivity contribution in [3.63, 3.8) is 0 Å². The van der Waals surface area contributed by atoms with E-state index in [1.54, 1.807) is 11.5 Å². The number of benzene rings is 1. The Kier molecular flexibility index (Phi) is 4.52. The molecule has 5 rings (SSSR count). The number of hydrogen-bond acceptors (Lipinski definition) is 6. The standard InChI is InChI=1S/C20H23N5O2S/c21-18(26)17-10-25(9-13-11-27-12-13)19(22-17)14-5-7-24(8-6-14)20-15-3-1-2-4-16(15)23-28-20/h1-4,10,13-14H,5-9,11-12H2,(H2,21,26). The third-order valence-electron chi connectivity index (χ3n) is 5.73. The maximum absolute atomic E-state index is 11.7. The number of piperidine rings is 1. The fourth-order valence-corrected chi connectivity index (χ4v) is 5.05. The summed E-state index contributed by atoms with van der Waals surface area (Å²) in [5, 5.41) is 2.48. The first kappa shape index (κ1) is 17.6. The number of nitrogens with zero attached hydrogens (tertiary/aromatic N) is 4. The maximum Gasteiger partial charge on any atom is 0.268 e. The van der Waals surface area contributed by atoms with E-state index in [9.17, 15) is 4.79 Å². The highest BCUT2D eigenvalue weighted by Crippen LogP contribution is 2.36. The Labute approximate surface area is 167 Å². The highest BCUT2D eigenvalue weighted by Gasteiger charge is 2.29. The van der Waals surface area contributed by atoms with Crippen molar-refractivity contribution in [2.75, 3.05) is 31.2 Å². The fraction of sp³-hybridized carbons (Fsp3) is 0.450. The average Bonchev–Trinajstić information content (AvgIpc) is 3.29. The summed E-state index contributed by atoms with van der Waals surface area (Å²) in [5.74, 6) is 1.37. The average molecular weight is 398 g/mol. The number of nitrogens with two attached hydrogens (primary N) is 1. The van der Waals surface area contributed by atoms with Crippen molar-refractivity contribution in [2.24, 2.45) is 11.7 Å². The highest BCUT2D eigenvalue weighted by atomic mass is 32.1. The van der Waals surface area contributed by atoms with Crippen molar-refractivity contribution in [1.29, 1.82) is 0 Å². The number of primary amides is 1. The van der Waals surface area contributed by atoms with Crippen LogP contribution in [-0.2, 0) is 11.3 Å². The Bertz CT molecular complexity index is 1000. The molecule has 2 aromatic heterocycles. The minimum Gasteiger partial charge on any atom is -0.381 e. The number of carbonyl (C=O) groups excluding carboxylic acids is 1. The van der Waals surface area contributed by atoms with Crippen molar-refractivity contribution in [3.8, 4) is 0 Å². The van der Waals surface area contributed by atoms with Crippen LogP contribution in [0.4, 0.5) is 5.00 Å². The van der Waals surface area contributed by atoms with E-state index in [-0.39, 0.29) is 0 Å². The molecule has 3 aromatic rings. The Morgan fingerprint density at radius 1 is 1.25 bits per heavy atom. The lowest BCUT2D eigenvalue weighted by Crippen LogP contribution is -2.35. The predicted octanol–water partition coefficient (Wildman–Crippen LogP) is 2.62. The van der Waals surface area contributed by atoms with E-state index in [1.165, 1.54) is 10.4 Å². The number of hydrogen-bond donors (Lipinski definition) is 1. The van der Waals surface area contributed by atoms with Crippen molar-refractivity contribution in [1.82, 2.24) is 13.9 Å². The molecule has 0 saturated carbocycles. The second kappa shape index (κ2) is 7.18. The van der Waals surface area contributed by atoms with E-state index in [0.29, 0.717) is 17.5 Å². The zero-order chi connectivity index (χ0) is 19.1. The molecule has 146 valence electrons. The van der Waals surface area contributed by atoms with Crippen LogP contribution >= 0.6 is 11.5 Å². The monoisotopic (exact) mass is 397 g/mol.